The molecule has 0 amide bonds. The van der Waals surface area contributed by atoms with Crippen molar-refractivity contribution in [1.82, 2.24) is 4.98 Å². The molecular formula is C12H10N4OS2. The second-order valence-corrected chi connectivity index (χ2v) is 5.69. The van der Waals surface area contributed by atoms with E-state index in [4.69, 9.17) is 28.9 Å². The van der Waals surface area contributed by atoms with E-state index in [0.717, 1.165) is 0 Å². The van der Waals surface area contributed by atoms with E-state index in [1.54, 1.807) is 6.92 Å². The molecule has 7 heteroatoms. The minimum absolute atomic E-state index is 0.0770. The Morgan fingerprint density at radius 2 is 2.11 bits per heavy atom. The largest absolute Gasteiger partial charge is 0.397 e. The number of ketones is 1. The van der Waals surface area contributed by atoms with Crippen molar-refractivity contribution in [2.24, 2.45) is 0 Å². The number of carbonyl (C=O) groups is 1. The summed E-state index contributed by atoms with van der Waals surface area (Å²) < 4.78 is 0.452. The maximum Gasteiger partial charge on any atom is 0.162 e. The molecule has 0 radical (unpaired) electrons. The van der Waals surface area contributed by atoms with Gasteiger partial charge in [-0.1, -0.05) is 12.2 Å². The van der Waals surface area contributed by atoms with Gasteiger partial charge in [0.05, 0.1) is 5.69 Å². The normalized spacial score (nSPS) is 10.4. The molecule has 0 aliphatic heterocycles. The van der Waals surface area contributed by atoms with Gasteiger partial charge in [-0.15, -0.1) is 11.3 Å². The van der Waals surface area contributed by atoms with Gasteiger partial charge >= 0.3 is 0 Å². The van der Waals surface area contributed by atoms with Crippen molar-refractivity contribution in [1.29, 1.82) is 5.26 Å². The summed E-state index contributed by atoms with van der Waals surface area (Å²) in [6.07, 6.45) is 0. The van der Waals surface area contributed by atoms with Crippen LogP contribution in [0.1, 0.15) is 28.4 Å². The van der Waals surface area contributed by atoms with Crippen molar-refractivity contribution in [3.05, 3.63) is 20.5 Å². The van der Waals surface area contributed by atoms with Crippen LogP contribution in [-0.4, -0.2) is 10.8 Å². The Bertz CT molecular complexity index is 817. The predicted octanol–water partition coefficient (Wildman–Crippen LogP) is 2.57. The molecule has 2 aromatic heterocycles. The molecule has 19 heavy (non-hydrogen) atoms. The molecule has 96 valence electrons. The van der Waals surface area contributed by atoms with Crippen molar-refractivity contribution in [3.8, 4) is 6.07 Å². The second-order valence-electron chi connectivity index (χ2n) is 4.02. The third-order valence-electron chi connectivity index (χ3n) is 2.84. The number of anilines is 2. The first-order valence-corrected chi connectivity index (χ1v) is 6.54. The molecular weight excluding hydrogens is 280 g/mol. The molecule has 0 unspecified atom stereocenters. The second kappa shape index (κ2) is 4.57. The zero-order valence-corrected chi connectivity index (χ0v) is 11.9. The molecule has 0 spiro atoms. The van der Waals surface area contributed by atoms with Crippen LogP contribution in [0.2, 0.25) is 0 Å². The summed E-state index contributed by atoms with van der Waals surface area (Å²) in [6, 6.07) is 1.93. The lowest BCUT2D eigenvalue weighted by Crippen LogP contribution is -2.04. The molecule has 0 bridgehead atoms. The monoisotopic (exact) mass is 290 g/mol. The van der Waals surface area contributed by atoms with E-state index in [0.29, 0.717) is 25.2 Å². The van der Waals surface area contributed by atoms with Crippen LogP contribution >= 0.6 is 23.6 Å². The van der Waals surface area contributed by atoms with E-state index < -0.39 is 0 Å². The third kappa shape index (κ3) is 1.95. The Morgan fingerprint density at radius 1 is 1.47 bits per heavy atom. The number of nitriles is 1. The van der Waals surface area contributed by atoms with Gasteiger partial charge in [0.2, 0.25) is 0 Å². The molecule has 0 aliphatic rings. The highest BCUT2D eigenvalue weighted by atomic mass is 32.1. The molecule has 0 fully saturated rings. The average Bonchev–Trinajstić information content (AvgIpc) is 2.27. The summed E-state index contributed by atoms with van der Waals surface area (Å²) in [4.78, 5) is 16.3. The minimum atomic E-state index is -0.129. The number of nitrogens with two attached hydrogens (primary N) is 2. The van der Waals surface area contributed by atoms with Crippen molar-refractivity contribution in [2.45, 2.75) is 13.8 Å². The summed E-state index contributed by atoms with van der Waals surface area (Å²) in [5.41, 5.74) is 13.1. The van der Waals surface area contributed by atoms with Gasteiger partial charge in [-0.25, -0.2) is 4.98 Å². The fourth-order valence-corrected chi connectivity index (χ4v) is 3.60. The SMILES string of the molecule is CC(=O)c1c(C)c2c(N)c(C#N)c(N)nc2sc1=S. The van der Waals surface area contributed by atoms with Gasteiger partial charge < -0.3 is 11.5 Å². The zero-order valence-electron chi connectivity index (χ0n) is 10.3. The van der Waals surface area contributed by atoms with E-state index >= 15 is 0 Å². The van der Waals surface area contributed by atoms with Gasteiger partial charge in [-0.2, -0.15) is 5.26 Å². The number of Topliss-reactive ketones (excluding diaryl/α,β-unsaturated/α-hetero) is 1. The van der Waals surface area contributed by atoms with E-state index in [9.17, 15) is 4.79 Å². The van der Waals surface area contributed by atoms with Gasteiger partial charge in [-0.3, -0.25) is 4.79 Å². The van der Waals surface area contributed by atoms with Crippen LogP contribution < -0.4 is 11.5 Å². The lowest BCUT2D eigenvalue weighted by atomic mass is 10.0. The first kappa shape index (κ1) is 13.4. The Morgan fingerprint density at radius 3 is 2.63 bits per heavy atom. The third-order valence-corrected chi connectivity index (χ3v) is 4.17. The van der Waals surface area contributed by atoms with Crippen LogP contribution in [0.15, 0.2) is 0 Å². The van der Waals surface area contributed by atoms with E-state index in [-0.39, 0.29) is 22.9 Å². The highest BCUT2D eigenvalue weighted by Gasteiger charge is 2.18. The van der Waals surface area contributed by atoms with Crippen LogP contribution in [-0.2, 0) is 0 Å². The van der Waals surface area contributed by atoms with Crippen molar-refractivity contribution < 1.29 is 4.79 Å². The molecule has 0 atom stereocenters. The number of carbonyl (C=O) groups excluding carboxylic acids is 1. The number of aryl methyl sites for hydroxylation is 1. The van der Waals surface area contributed by atoms with Crippen LogP contribution in [0.25, 0.3) is 10.2 Å². The molecule has 2 heterocycles. The molecule has 0 aliphatic carbocycles. The molecule has 2 rings (SSSR count). The Hall–Kier alpha value is -2.04. The fraction of sp³-hybridized carbons (Fsp3) is 0.167. The van der Waals surface area contributed by atoms with E-state index in [1.807, 2.05) is 6.07 Å². The summed E-state index contributed by atoms with van der Waals surface area (Å²) in [5, 5.41) is 9.63. The van der Waals surface area contributed by atoms with Gasteiger partial charge in [-0.05, 0) is 19.4 Å². The number of aromatic nitrogens is 1. The van der Waals surface area contributed by atoms with Gasteiger partial charge in [0, 0.05) is 10.9 Å². The van der Waals surface area contributed by atoms with Crippen molar-refractivity contribution in [3.63, 3.8) is 0 Å². The molecule has 0 aromatic carbocycles. The van der Waals surface area contributed by atoms with Crippen molar-refractivity contribution >= 4 is 51.1 Å². The first-order valence-electron chi connectivity index (χ1n) is 5.31. The van der Waals surface area contributed by atoms with Crippen LogP contribution in [0.3, 0.4) is 0 Å². The van der Waals surface area contributed by atoms with Crippen LogP contribution in [0, 0.1) is 22.1 Å². The molecule has 5 nitrogen and oxygen atoms in total. The number of hydrogen-bond donors (Lipinski definition) is 2. The van der Waals surface area contributed by atoms with Gasteiger partial charge in [0.1, 0.15) is 26.1 Å². The summed E-state index contributed by atoms with van der Waals surface area (Å²) >= 11 is 6.37. The van der Waals surface area contributed by atoms with E-state index in [1.165, 1.54) is 18.3 Å². The molecule has 0 saturated heterocycles. The summed E-state index contributed by atoms with van der Waals surface area (Å²) in [7, 11) is 0. The minimum Gasteiger partial charge on any atom is -0.397 e. The van der Waals surface area contributed by atoms with Crippen LogP contribution in [0.5, 0.6) is 0 Å². The van der Waals surface area contributed by atoms with Gasteiger partial charge in [0.25, 0.3) is 0 Å². The maximum atomic E-state index is 11.7. The molecule has 4 N–H and O–H groups in total. The quantitative estimate of drug-likeness (QED) is 0.617. The standard InChI is InChI=1S/C12H10N4OS2/c1-4-7(5(2)17)12(18)19-11-8(4)9(14)6(3-13)10(15)16-11/h1-2H3,(H4,14,15,16). The Labute approximate surface area is 118 Å². The number of nitrogen functional groups attached to an aromatic ring is 2. The number of nitrogens with zero attached hydrogens (tertiary/aromatic N) is 2. The lowest BCUT2D eigenvalue weighted by Gasteiger charge is -2.11. The number of rotatable bonds is 1. The Balaban J connectivity index is 3.09. The predicted molar refractivity (Wildman–Crippen MR) is 78.7 cm³/mol. The first-order chi connectivity index (χ1) is 8.88. The summed E-state index contributed by atoms with van der Waals surface area (Å²) in [6.45, 7) is 3.19. The van der Waals surface area contributed by atoms with Gasteiger partial charge in [0.15, 0.2) is 5.78 Å². The fourth-order valence-electron chi connectivity index (χ4n) is 1.98. The van der Waals surface area contributed by atoms with E-state index in [2.05, 4.69) is 4.98 Å². The smallest absolute Gasteiger partial charge is 0.162 e. The molecule has 0 saturated carbocycles. The van der Waals surface area contributed by atoms with Crippen molar-refractivity contribution in [2.75, 3.05) is 11.5 Å². The maximum absolute atomic E-state index is 11.7. The Kier molecular flexibility index (Phi) is 3.22. The highest BCUT2D eigenvalue weighted by molar-refractivity contribution is 7.73. The number of pyridine rings is 1. The molecule has 2 aromatic rings. The van der Waals surface area contributed by atoms with Crippen LogP contribution in [0.4, 0.5) is 11.5 Å². The number of hydrogen-bond acceptors (Lipinski definition) is 7. The average molecular weight is 290 g/mol. The topological polar surface area (TPSA) is 106 Å². The summed E-state index contributed by atoms with van der Waals surface area (Å²) in [5.74, 6) is -0.0523. The lowest BCUT2D eigenvalue weighted by molar-refractivity contribution is 0.101. The highest BCUT2D eigenvalue weighted by Crippen LogP contribution is 2.34. The number of fused-ring (bicyclic) bond motifs is 1. The zero-order chi connectivity index (χ0) is 14.3.